The largest absolute Gasteiger partial charge is 3.00 e. The van der Waals surface area contributed by atoms with E-state index in [2.05, 4.69) is 92.5 Å². The fourth-order valence-corrected chi connectivity index (χ4v) is 17.1. The van der Waals surface area contributed by atoms with E-state index in [-0.39, 0.29) is 40.4 Å². The van der Waals surface area contributed by atoms with Gasteiger partial charge in [-0.3, -0.25) is 0 Å². The zero-order valence-corrected chi connectivity index (χ0v) is 33.2. The molecule has 2 fully saturated rings. The summed E-state index contributed by atoms with van der Waals surface area (Å²) in [5.41, 5.74) is 0. The summed E-state index contributed by atoms with van der Waals surface area (Å²) < 4.78 is 23.6. The van der Waals surface area contributed by atoms with E-state index in [4.69, 9.17) is 9.47 Å². The molecule has 0 aromatic rings. The molecule has 1 radical (unpaired) electrons. The molecule has 32 heavy (non-hydrogen) atoms. The van der Waals surface area contributed by atoms with E-state index in [1.807, 2.05) is 0 Å². The van der Waals surface area contributed by atoms with Crippen LogP contribution < -0.4 is 0 Å². The van der Waals surface area contributed by atoms with E-state index >= 15 is 0 Å². The Labute approximate surface area is 246 Å². The quantitative estimate of drug-likeness (QED) is 0.342. The minimum Gasteiger partial charge on any atom is -0.672 e. The third-order valence-electron chi connectivity index (χ3n) is 3.44. The Morgan fingerprint density at radius 3 is 0.562 bits per heavy atom. The first-order chi connectivity index (χ1) is 14.4. The molecule has 2 aliphatic heterocycles. The van der Waals surface area contributed by atoms with E-state index in [0.717, 1.165) is 26.4 Å². The number of ether oxygens (including phenoxy) is 2. The second-order valence-electron chi connectivity index (χ2n) is 9.65. The Morgan fingerprint density at radius 1 is 0.375 bits per heavy atom. The standard InChI is InChI=1S/3C4H14NSi2.2C4H8O.Sm/c3*1-6(2)5-7(3)4;2*1-2-4-5-3-1;/h3*6-7H,1-4H3;2*1-4H2;/q3*-1;;;+3. The maximum absolute atomic E-state index is 4.94. The van der Waals surface area contributed by atoms with Gasteiger partial charge in [0.25, 0.3) is 0 Å². The van der Waals surface area contributed by atoms with E-state index in [1.165, 1.54) is 25.7 Å². The second-order valence-corrected chi connectivity index (χ2v) is 26.4. The molecule has 0 aromatic heterocycles. The Morgan fingerprint density at radius 2 is 0.531 bits per heavy atom. The van der Waals surface area contributed by atoms with E-state index in [0.29, 0.717) is 0 Å². The van der Waals surface area contributed by atoms with E-state index in [1.54, 1.807) is 0 Å². The van der Waals surface area contributed by atoms with Crippen molar-refractivity contribution >= 4 is 53.7 Å². The number of nitrogens with zero attached hydrogens (tertiary/aromatic N) is 3. The second kappa shape index (κ2) is 31.5. The summed E-state index contributed by atoms with van der Waals surface area (Å²) in [5.74, 6) is 0. The first-order valence-corrected chi connectivity index (χ1v) is 29.6. The molecular weight excluding hydrogens is 633 g/mol. The van der Waals surface area contributed by atoms with Crippen molar-refractivity contribution < 1.29 is 49.9 Å². The van der Waals surface area contributed by atoms with Gasteiger partial charge >= 0.3 is 40.4 Å². The molecule has 0 atom stereocenters. The smallest absolute Gasteiger partial charge is 0.672 e. The van der Waals surface area contributed by atoms with Gasteiger partial charge in [0.15, 0.2) is 0 Å². The van der Waals surface area contributed by atoms with Gasteiger partial charge in [0, 0.05) is 26.4 Å². The molecule has 2 rings (SSSR count). The van der Waals surface area contributed by atoms with Crippen LogP contribution in [0.3, 0.4) is 0 Å². The first-order valence-electron chi connectivity index (χ1n) is 12.6. The summed E-state index contributed by atoms with van der Waals surface area (Å²) in [6, 6.07) is 0. The summed E-state index contributed by atoms with van der Waals surface area (Å²) >= 11 is 0. The number of hydrogen-bond acceptors (Lipinski definition) is 2. The molecule has 0 saturated carbocycles. The minimum atomic E-state index is -0.542. The van der Waals surface area contributed by atoms with Crippen LogP contribution in [0.1, 0.15) is 25.7 Å². The van der Waals surface area contributed by atoms with Crippen LogP contribution in [-0.4, -0.2) is 80.2 Å². The molecule has 2 aliphatic rings. The van der Waals surface area contributed by atoms with Crippen LogP contribution in [-0.2, 0) is 9.47 Å². The Hall–Kier alpha value is 2.44. The molecule has 0 amide bonds. The molecule has 5 nitrogen and oxygen atoms in total. The summed E-state index contributed by atoms with van der Waals surface area (Å²) in [6.07, 6.45) is 5.11. The Kier molecular flexibility index (Phi) is 40.9. The molecule has 0 spiro atoms. The molecule has 2 heterocycles. The van der Waals surface area contributed by atoms with Gasteiger partial charge in [-0.2, -0.15) is 0 Å². The van der Waals surface area contributed by atoms with E-state index in [9.17, 15) is 0 Å². The van der Waals surface area contributed by atoms with Crippen molar-refractivity contribution in [1.82, 2.24) is 0 Å². The SMILES string of the molecule is C1CCOC1.C1CCOC1.C[SiH](C)[N-][SiH](C)C.C[SiH](C)[N-][SiH](C)C.C[SiH](C)[N-][SiH](C)C.[Sm+3]. The molecular formula is C20H58N3O2Si6Sm. The maximum Gasteiger partial charge on any atom is 3.00 e. The van der Waals surface area contributed by atoms with Gasteiger partial charge in [0.1, 0.15) is 0 Å². The van der Waals surface area contributed by atoms with Crippen LogP contribution in [0.4, 0.5) is 0 Å². The van der Waals surface area contributed by atoms with Crippen molar-refractivity contribution in [3.63, 3.8) is 0 Å². The van der Waals surface area contributed by atoms with Crippen LogP contribution in [0, 0.1) is 40.4 Å². The van der Waals surface area contributed by atoms with Crippen molar-refractivity contribution in [3.8, 4) is 0 Å². The fourth-order valence-electron chi connectivity index (χ4n) is 2.81. The average molecular weight is 692 g/mol. The molecule has 0 aromatic carbocycles. The Balaban J connectivity index is -0.000000153. The Bertz CT molecular complexity index is 262. The summed E-state index contributed by atoms with van der Waals surface area (Å²) in [6.45, 7) is 31.2. The molecule has 2 saturated heterocycles. The topological polar surface area (TPSA) is 60.8 Å². The van der Waals surface area contributed by atoms with Gasteiger partial charge in [-0.15, -0.1) is 0 Å². The van der Waals surface area contributed by atoms with Crippen molar-refractivity contribution in [3.05, 3.63) is 13.9 Å². The summed E-state index contributed by atoms with van der Waals surface area (Å²) in [4.78, 5) is 0. The van der Waals surface area contributed by atoms with Crippen LogP contribution in [0.15, 0.2) is 0 Å². The minimum absolute atomic E-state index is 0. The van der Waals surface area contributed by atoms with Crippen LogP contribution in [0.5, 0.6) is 0 Å². The van der Waals surface area contributed by atoms with Crippen LogP contribution in [0.25, 0.3) is 13.9 Å². The van der Waals surface area contributed by atoms with Crippen molar-refractivity contribution in [2.75, 3.05) is 26.4 Å². The monoisotopic (exact) mass is 692 g/mol. The number of hydrogen-bond donors (Lipinski definition) is 0. The molecule has 12 heteroatoms. The summed E-state index contributed by atoms with van der Waals surface area (Å²) in [7, 11) is -3.25. The third-order valence-corrected chi connectivity index (χ3v) is 17.8. The maximum atomic E-state index is 4.94. The van der Waals surface area contributed by atoms with Gasteiger partial charge in [-0.25, -0.2) is 0 Å². The first kappa shape index (κ1) is 41.6. The van der Waals surface area contributed by atoms with Crippen LogP contribution in [0.2, 0.25) is 78.6 Å². The average Bonchev–Trinajstić information content (AvgIpc) is 3.32. The predicted octanol–water partition coefficient (Wildman–Crippen LogP) is 5.57. The van der Waals surface area contributed by atoms with E-state index < -0.39 is 53.7 Å². The zero-order chi connectivity index (χ0) is 24.7. The van der Waals surface area contributed by atoms with Crippen molar-refractivity contribution in [2.24, 2.45) is 0 Å². The normalized spacial score (nSPS) is 14.8. The molecule has 195 valence electrons. The molecule has 0 N–H and O–H groups in total. The van der Waals surface area contributed by atoms with Gasteiger partial charge in [-0.1, -0.05) is 132 Å². The van der Waals surface area contributed by atoms with Crippen molar-refractivity contribution in [1.29, 1.82) is 0 Å². The molecule has 0 bridgehead atoms. The third kappa shape index (κ3) is 53.7. The molecule has 0 unspecified atom stereocenters. The van der Waals surface area contributed by atoms with Gasteiger partial charge in [0.2, 0.25) is 0 Å². The zero-order valence-electron chi connectivity index (χ0n) is 23.7. The van der Waals surface area contributed by atoms with Crippen LogP contribution >= 0.6 is 0 Å². The fraction of sp³-hybridized carbons (Fsp3) is 1.00. The van der Waals surface area contributed by atoms with Gasteiger partial charge in [0.05, 0.1) is 0 Å². The predicted molar refractivity (Wildman–Crippen MR) is 163 cm³/mol. The summed E-state index contributed by atoms with van der Waals surface area (Å²) in [5, 5.41) is 0. The van der Waals surface area contributed by atoms with Crippen molar-refractivity contribution in [2.45, 2.75) is 104 Å². The van der Waals surface area contributed by atoms with Gasteiger partial charge < -0.3 is 23.4 Å². The number of rotatable bonds is 6. The molecule has 0 aliphatic carbocycles. The van der Waals surface area contributed by atoms with Gasteiger partial charge in [-0.05, 0) is 25.7 Å².